The van der Waals surface area contributed by atoms with E-state index in [1.165, 1.54) is 11.1 Å². The number of imidazole rings is 1. The van der Waals surface area contributed by atoms with Crippen LogP contribution in [0.4, 0.5) is 0 Å². The highest BCUT2D eigenvalue weighted by molar-refractivity contribution is 7.71. The van der Waals surface area contributed by atoms with E-state index >= 15 is 0 Å². The summed E-state index contributed by atoms with van der Waals surface area (Å²) in [5.41, 5.74) is 3.52. The van der Waals surface area contributed by atoms with Crippen LogP contribution < -0.4 is 0 Å². The van der Waals surface area contributed by atoms with E-state index in [0.29, 0.717) is 0 Å². The van der Waals surface area contributed by atoms with Crippen LogP contribution in [0, 0.1) is 11.7 Å². The van der Waals surface area contributed by atoms with Crippen LogP contribution in [0.15, 0.2) is 30.6 Å². The summed E-state index contributed by atoms with van der Waals surface area (Å²) < 4.78 is 4.76. The Bertz CT molecular complexity index is 738. The molecular formula is C13H15N5S. The average Bonchev–Trinajstić information content (AvgIpc) is 3.00. The summed E-state index contributed by atoms with van der Waals surface area (Å²) in [4.78, 5) is 3.28. The van der Waals surface area contributed by atoms with Gasteiger partial charge in [0.1, 0.15) is 0 Å². The van der Waals surface area contributed by atoms with Crippen molar-refractivity contribution in [3.63, 3.8) is 0 Å². The summed E-state index contributed by atoms with van der Waals surface area (Å²) in [5, 5.41) is 7.75. The molecule has 19 heavy (non-hydrogen) atoms. The number of hydrogen-bond donors (Lipinski definition) is 1. The number of benzene rings is 1. The van der Waals surface area contributed by atoms with E-state index in [2.05, 4.69) is 45.0 Å². The van der Waals surface area contributed by atoms with Crippen LogP contribution in [0.25, 0.3) is 11.0 Å². The van der Waals surface area contributed by atoms with Gasteiger partial charge in [-0.15, -0.1) is 5.10 Å². The fraction of sp³-hybridized carbons (Fsp3) is 0.308. The van der Waals surface area contributed by atoms with E-state index in [9.17, 15) is 0 Å². The Morgan fingerprint density at radius 2 is 2.21 bits per heavy atom. The summed E-state index contributed by atoms with van der Waals surface area (Å²) in [7, 11) is 0. The van der Waals surface area contributed by atoms with Gasteiger partial charge in [-0.2, -0.15) is 0 Å². The molecule has 0 saturated heterocycles. The molecular weight excluding hydrogens is 258 g/mol. The third kappa shape index (κ3) is 2.31. The summed E-state index contributed by atoms with van der Waals surface area (Å²) in [6.07, 6.45) is 4.54. The second-order valence-corrected chi connectivity index (χ2v) is 4.96. The monoisotopic (exact) mass is 273 g/mol. The molecule has 0 saturated carbocycles. The highest BCUT2D eigenvalue weighted by Gasteiger charge is 2.05. The fourth-order valence-corrected chi connectivity index (χ4v) is 2.58. The average molecular weight is 273 g/mol. The second kappa shape index (κ2) is 4.97. The summed E-state index contributed by atoms with van der Waals surface area (Å²) in [6.45, 7) is 3.82. The summed E-state index contributed by atoms with van der Waals surface area (Å²) >= 11 is 5.40. The first-order valence-electron chi connectivity index (χ1n) is 6.28. The van der Waals surface area contributed by atoms with E-state index in [-0.39, 0.29) is 0 Å². The molecule has 0 atom stereocenters. The third-order valence-corrected chi connectivity index (χ3v) is 3.58. The summed E-state index contributed by atoms with van der Waals surface area (Å²) in [6, 6.07) is 6.26. The first-order valence-corrected chi connectivity index (χ1v) is 6.69. The highest BCUT2D eigenvalue weighted by Crippen LogP contribution is 2.18. The van der Waals surface area contributed by atoms with Crippen LogP contribution in [-0.2, 0) is 13.1 Å². The molecule has 0 bridgehead atoms. The normalized spacial score (nSPS) is 11.2. The molecule has 1 N–H and O–H groups in total. The van der Waals surface area contributed by atoms with Crippen LogP contribution in [0.5, 0.6) is 0 Å². The van der Waals surface area contributed by atoms with E-state index in [1.54, 1.807) is 6.20 Å². The fourth-order valence-electron chi connectivity index (χ4n) is 2.29. The van der Waals surface area contributed by atoms with Crippen molar-refractivity contribution < 1.29 is 0 Å². The zero-order chi connectivity index (χ0) is 13.2. The number of fused-ring (bicyclic) bond motifs is 1. The molecule has 0 unspecified atom stereocenters. The lowest BCUT2D eigenvalue weighted by Gasteiger charge is -2.05. The lowest BCUT2D eigenvalue weighted by molar-refractivity contribution is 0.517. The van der Waals surface area contributed by atoms with Crippen molar-refractivity contribution >= 4 is 23.3 Å². The number of aryl methyl sites for hydroxylation is 3. The molecule has 0 spiro atoms. The molecule has 98 valence electrons. The minimum absolute atomic E-state index is 0.780. The molecule has 2 heterocycles. The van der Waals surface area contributed by atoms with Gasteiger partial charge in [-0.25, -0.2) is 0 Å². The Labute approximate surface area is 115 Å². The maximum absolute atomic E-state index is 5.40. The minimum atomic E-state index is 0.780. The smallest absolute Gasteiger partial charge is 0.178 e. The van der Waals surface area contributed by atoms with Gasteiger partial charge in [0.2, 0.25) is 0 Å². The molecule has 6 heteroatoms. The van der Waals surface area contributed by atoms with Crippen LogP contribution in [0.1, 0.15) is 12.0 Å². The van der Waals surface area contributed by atoms with Gasteiger partial charge in [0.25, 0.3) is 0 Å². The Hall–Kier alpha value is -1.95. The molecule has 1 aromatic carbocycles. The first kappa shape index (κ1) is 12.1. The van der Waals surface area contributed by atoms with Gasteiger partial charge in [-0.3, -0.25) is 4.68 Å². The molecule has 0 aliphatic rings. The standard InChI is InChI=1S/C13H15N5S/c1-10-4-2-5-11-12(10)15-13(19)18(11)8-3-7-17-9-6-14-16-17/h2,4-6,9H,3,7-8H2,1H3,(H,15,19). The third-order valence-electron chi connectivity index (χ3n) is 3.26. The molecule has 5 nitrogen and oxygen atoms in total. The van der Waals surface area contributed by atoms with Gasteiger partial charge in [-0.05, 0) is 37.2 Å². The quantitative estimate of drug-likeness (QED) is 0.744. The number of nitrogens with zero attached hydrogens (tertiary/aromatic N) is 4. The number of nitrogens with one attached hydrogen (secondary N) is 1. The topological polar surface area (TPSA) is 51.4 Å². The van der Waals surface area contributed by atoms with Gasteiger partial charge >= 0.3 is 0 Å². The molecule has 3 rings (SSSR count). The van der Waals surface area contributed by atoms with Gasteiger partial charge in [0, 0.05) is 19.3 Å². The van der Waals surface area contributed by atoms with Gasteiger partial charge in [0.05, 0.1) is 17.2 Å². The molecule has 0 aliphatic heterocycles. The number of hydrogen-bond acceptors (Lipinski definition) is 3. The van der Waals surface area contributed by atoms with Crippen LogP contribution in [0.2, 0.25) is 0 Å². The molecule has 0 aliphatic carbocycles. The maximum atomic E-state index is 5.40. The predicted octanol–water partition coefficient (Wildman–Crippen LogP) is 2.69. The zero-order valence-corrected chi connectivity index (χ0v) is 11.5. The van der Waals surface area contributed by atoms with Crippen LogP contribution in [-0.4, -0.2) is 24.5 Å². The molecule has 3 aromatic rings. The molecule has 0 radical (unpaired) electrons. The van der Waals surface area contributed by atoms with Crippen LogP contribution in [0.3, 0.4) is 0 Å². The molecule has 2 aromatic heterocycles. The lowest BCUT2D eigenvalue weighted by Crippen LogP contribution is -2.04. The van der Waals surface area contributed by atoms with Crippen LogP contribution >= 0.6 is 12.2 Å². The van der Waals surface area contributed by atoms with E-state index in [4.69, 9.17) is 12.2 Å². The molecule has 0 fully saturated rings. The minimum Gasteiger partial charge on any atom is -0.330 e. The highest BCUT2D eigenvalue weighted by atomic mass is 32.1. The largest absolute Gasteiger partial charge is 0.330 e. The lowest BCUT2D eigenvalue weighted by atomic mass is 10.2. The van der Waals surface area contributed by atoms with Crippen molar-refractivity contribution in [2.24, 2.45) is 0 Å². The number of para-hydroxylation sites is 1. The first-order chi connectivity index (χ1) is 9.25. The Balaban J connectivity index is 1.83. The van der Waals surface area contributed by atoms with Gasteiger partial charge in [-0.1, -0.05) is 17.3 Å². The number of aromatic amines is 1. The Morgan fingerprint density at radius 1 is 1.32 bits per heavy atom. The molecule has 0 amide bonds. The van der Waals surface area contributed by atoms with Gasteiger partial charge in [0.15, 0.2) is 4.77 Å². The van der Waals surface area contributed by atoms with Crippen molar-refractivity contribution in [1.29, 1.82) is 0 Å². The van der Waals surface area contributed by atoms with Crippen molar-refractivity contribution in [3.8, 4) is 0 Å². The zero-order valence-electron chi connectivity index (χ0n) is 10.7. The predicted molar refractivity (Wildman–Crippen MR) is 76.5 cm³/mol. The Kier molecular flexibility index (Phi) is 3.16. The Morgan fingerprint density at radius 3 is 3.00 bits per heavy atom. The van der Waals surface area contributed by atoms with E-state index in [0.717, 1.165) is 29.8 Å². The van der Waals surface area contributed by atoms with Crippen molar-refractivity contribution in [2.75, 3.05) is 0 Å². The van der Waals surface area contributed by atoms with Crippen molar-refractivity contribution in [3.05, 3.63) is 40.9 Å². The van der Waals surface area contributed by atoms with E-state index in [1.807, 2.05) is 10.9 Å². The number of rotatable bonds is 4. The summed E-state index contributed by atoms with van der Waals surface area (Å²) in [5.74, 6) is 0. The number of aromatic nitrogens is 5. The van der Waals surface area contributed by atoms with Crippen molar-refractivity contribution in [2.45, 2.75) is 26.4 Å². The second-order valence-electron chi connectivity index (χ2n) is 4.57. The van der Waals surface area contributed by atoms with Gasteiger partial charge < -0.3 is 9.55 Å². The maximum Gasteiger partial charge on any atom is 0.178 e. The SMILES string of the molecule is Cc1cccc2c1[nH]c(=S)n2CCCn1ccnn1. The van der Waals surface area contributed by atoms with E-state index < -0.39 is 0 Å². The van der Waals surface area contributed by atoms with Crippen molar-refractivity contribution in [1.82, 2.24) is 24.5 Å². The number of H-pyrrole nitrogens is 1.